The number of benzene rings is 4. The molecule has 0 heterocycles. The molecule has 16 heteroatoms. The molecule has 0 fully saturated rings. The van der Waals surface area contributed by atoms with Crippen LogP contribution in [0.2, 0.25) is 0 Å². The van der Waals surface area contributed by atoms with E-state index < -0.39 is 63.9 Å². The van der Waals surface area contributed by atoms with E-state index in [0.717, 1.165) is 0 Å². The summed E-state index contributed by atoms with van der Waals surface area (Å²) in [6.45, 7) is 1.70. The lowest BCUT2D eigenvalue weighted by Gasteiger charge is -2.31. The van der Waals surface area contributed by atoms with Crippen LogP contribution in [0.4, 0.5) is 52.7 Å². The summed E-state index contributed by atoms with van der Waals surface area (Å²) in [5.74, 6) is -0.879. The average Bonchev–Trinajstić information content (AvgIpc) is 3.53. The molecule has 0 spiro atoms. The van der Waals surface area contributed by atoms with Crippen LogP contribution in [0, 0.1) is 28.8 Å². The van der Waals surface area contributed by atoms with E-state index in [0.29, 0.717) is 52.1 Å². The first-order valence-electron chi connectivity index (χ1n) is 15.8. The molecule has 4 nitrogen and oxygen atoms in total. The van der Waals surface area contributed by atoms with Gasteiger partial charge in [-0.2, -0.15) is 73.2 Å². The lowest BCUT2D eigenvalue weighted by Crippen LogP contribution is -2.29. The molecule has 4 aromatic rings. The van der Waals surface area contributed by atoms with Crippen LogP contribution in [0.15, 0.2) is 94.9 Å². The fourth-order valence-corrected chi connectivity index (χ4v) is 7.33. The Morgan fingerprint density at radius 1 is 0.545 bits per heavy atom. The maximum atomic E-state index is 13.7. The third kappa shape index (κ3) is 6.25. The fraction of sp³-hybridized carbons (Fsp3) is 0.179. The van der Waals surface area contributed by atoms with Crippen molar-refractivity contribution in [1.82, 2.24) is 0 Å². The van der Waals surface area contributed by atoms with Gasteiger partial charge < -0.3 is 0 Å². The Labute approximate surface area is 302 Å². The van der Waals surface area contributed by atoms with Gasteiger partial charge in [0.2, 0.25) is 12.4 Å². The van der Waals surface area contributed by atoms with Gasteiger partial charge in [-0.3, -0.25) is 0 Å². The van der Waals surface area contributed by atoms with Gasteiger partial charge in [0.15, 0.2) is 0 Å². The Bertz CT molecular complexity index is 2470. The summed E-state index contributed by atoms with van der Waals surface area (Å²) >= 11 is 0. The number of fused-ring (bicyclic) bond motifs is 6. The van der Waals surface area contributed by atoms with Crippen LogP contribution >= 0.6 is 0 Å². The molecular formula is C39H18F12N4. The van der Waals surface area contributed by atoms with Crippen molar-refractivity contribution in [2.24, 2.45) is 15.9 Å². The number of halogens is 12. The molecular weight excluding hydrogens is 752 g/mol. The van der Waals surface area contributed by atoms with E-state index in [1.165, 1.54) is 30.4 Å². The van der Waals surface area contributed by atoms with Gasteiger partial charge >= 0.3 is 24.7 Å². The minimum Gasteiger partial charge on any atom is -0.177 e. The summed E-state index contributed by atoms with van der Waals surface area (Å²) in [4.78, 5) is 7.94. The lowest BCUT2D eigenvalue weighted by atomic mass is 9.71. The summed E-state index contributed by atoms with van der Waals surface area (Å²) in [5, 5.41) is 19.3. The summed E-state index contributed by atoms with van der Waals surface area (Å²) in [7, 11) is 0. The fourth-order valence-electron chi connectivity index (χ4n) is 7.33. The molecule has 0 aliphatic heterocycles. The summed E-state index contributed by atoms with van der Waals surface area (Å²) in [5.41, 5.74) is -5.67. The zero-order chi connectivity index (χ0) is 40.0. The topological polar surface area (TPSA) is 72.3 Å². The van der Waals surface area contributed by atoms with E-state index in [1.807, 2.05) is 0 Å². The van der Waals surface area contributed by atoms with Crippen molar-refractivity contribution in [3.8, 4) is 34.6 Å². The third-order valence-corrected chi connectivity index (χ3v) is 9.90. The molecule has 0 aromatic heterocycles. The summed E-state index contributed by atoms with van der Waals surface area (Å²) in [6.07, 6.45) is -12.7. The molecule has 0 radical (unpaired) electrons. The molecule has 0 amide bonds. The van der Waals surface area contributed by atoms with Gasteiger partial charge in [-0.15, -0.1) is 0 Å². The summed E-state index contributed by atoms with van der Waals surface area (Å²) in [6, 6.07) is 9.58. The largest absolute Gasteiger partial charge is 0.416 e. The zero-order valence-electron chi connectivity index (χ0n) is 27.5. The van der Waals surface area contributed by atoms with Crippen molar-refractivity contribution in [2.75, 3.05) is 0 Å². The average molecular weight is 771 g/mol. The van der Waals surface area contributed by atoms with Gasteiger partial charge in [0.1, 0.15) is 0 Å². The first-order valence-corrected chi connectivity index (χ1v) is 15.8. The second kappa shape index (κ2) is 12.2. The molecule has 2 unspecified atom stereocenters. The van der Waals surface area contributed by atoms with Crippen LogP contribution in [0.25, 0.3) is 27.8 Å². The van der Waals surface area contributed by atoms with Crippen LogP contribution in [-0.4, -0.2) is 11.4 Å². The molecule has 0 bridgehead atoms. The molecule has 0 saturated carbocycles. The first-order chi connectivity index (χ1) is 25.5. The molecule has 3 aliphatic rings. The van der Waals surface area contributed by atoms with Gasteiger partial charge in [0.25, 0.3) is 0 Å². The van der Waals surface area contributed by atoms with Gasteiger partial charge in [-0.1, -0.05) is 37.3 Å². The Kier molecular flexibility index (Phi) is 8.23. The van der Waals surface area contributed by atoms with Crippen molar-refractivity contribution >= 4 is 17.0 Å². The Morgan fingerprint density at radius 3 is 1.56 bits per heavy atom. The first kappa shape index (κ1) is 37.2. The SMILES string of the molecule is CC12C=CC(c3cc(C(F)(F)F)cc(C(F)(F)F)c3)=CC1/C(=N\C#N)c1cc3c(cc12)/C(=N/C#N)c1cc(-c2cc(C(F)(F)F)cc(C(F)(F)F)c2)ccc1-3. The highest BCUT2D eigenvalue weighted by atomic mass is 19.4. The molecule has 278 valence electrons. The van der Waals surface area contributed by atoms with Gasteiger partial charge in [0.05, 0.1) is 33.7 Å². The maximum absolute atomic E-state index is 13.7. The van der Waals surface area contributed by atoms with Crippen LogP contribution < -0.4 is 0 Å². The third-order valence-electron chi connectivity index (χ3n) is 9.90. The maximum Gasteiger partial charge on any atom is 0.416 e. The molecule has 4 aromatic carbocycles. The van der Waals surface area contributed by atoms with Crippen LogP contribution in [0.3, 0.4) is 0 Å². The highest BCUT2D eigenvalue weighted by Gasteiger charge is 2.48. The van der Waals surface area contributed by atoms with E-state index in [2.05, 4.69) is 9.98 Å². The number of hydrogen-bond donors (Lipinski definition) is 0. The minimum atomic E-state index is -5.10. The van der Waals surface area contributed by atoms with E-state index in [9.17, 15) is 63.2 Å². The Morgan fingerprint density at radius 2 is 1.05 bits per heavy atom. The van der Waals surface area contributed by atoms with E-state index in [1.54, 1.807) is 37.5 Å². The number of allylic oxidation sites excluding steroid dienone is 4. The predicted molar refractivity (Wildman–Crippen MR) is 175 cm³/mol. The van der Waals surface area contributed by atoms with Crippen molar-refractivity contribution in [3.63, 3.8) is 0 Å². The number of nitrogens with zero attached hydrogens (tertiary/aromatic N) is 4. The van der Waals surface area contributed by atoms with Crippen LogP contribution in [0.5, 0.6) is 0 Å². The number of hydrogen-bond acceptors (Lipinski definition) is 4. The predicted octanol–water partition coefficient (Wildman–Crippen LogP) is 11.5. The smallest absolute Gasteiger partial charge is 0.177 e. The monoisotopic (exact) mass is 770 g/mol. The molecule has 3 aliphatic carbocycles. The Hall–Kier alpha value is -6.16. The Balaban J connectivity index is 1.36. The second-order valence-electron chi connectivity index (χ2n) is 13.2. The standard InChI is InChI=1S/C39H18F12N4/c1-35-5-4-19(21-8-24(38(46,47)48)13-25(9-21)39(49,50)51)11-32(35)34(55-17-53)30-14-27-26-3-2-18(10-28(26)33(54-16-52)29(27)15-31(30)35)20-6-22(36(40,41)42)12-23(7-20)37(43,44)45/h2-15,32H,1H3/b54-33+,55-34-. The molecule has 2 atom stereocenters. The molecule has 0 saturated heterocycles. The quantitative estimate of drug-likeness (QED) is 0.132. The van der Waals surface area contributed by atoms with Crippen molar-refractivity contribution in [3.05, 3.63) is 135 Å². The lowest BCUT2D eigenvalue weighted by molar-refractivity contribution is -0.144. The highest BCUT2D eigenvalue weighted by molar-refractivity contribution is 6.26. The minimum absolute atomic E-state index is 0.00191. The molecule has 0 N–H and O–H groups in total. The summed E-state index contributed by atoms with van der Waals surface area (Å²) < 4.78 is 164. The number of alkyl halides is 12. The molecule has 55 heavy (non-hydrogen) atoms. The van der Waals surface area contributed by atoms with Crippen molar-refractivity contribution in [2.45, 2.75) is 37.0 Å². The zero-order valence-corrected chi connectivity index (χ0v) is 27.5. The van der Waals surface area contributed by atoms with Crippen molar-refractivity contribution in [1.29, 1.82) is 10.5 Å². The number of rotatable bonds is 2. The van der Waals surface area contributed by atoms with Gasteiger partial charge in [0, 0.05) is 28.0 Å². The van der Waals surface area contributed by atoms with E-state index >= 15 is 0 Å². The normalized spacial score (nSPS) is 20.4. The van der Waals surface area contributed by atoms with Crippen LogP contribution in [0.1, 0.15) is 57.0 Å². The van der Waals surface area contributed by atoms with E-state index in [-0.39, 0.29) is 45.8 Å². The van der Waals surface area contributed by atoms with Gasteiger partial charge in [-0.05, 0) is 93.6 Å². The number of nitriles is 2. The highest BCUT2D eigenvalue weighted by Crippen LogP contribution is 2.53. The van der Waals surface area contributed by atoms with Crippen molar-refractivity contribution < 1.29 is 52.7 Å². The van der Waals surface area contributed by atoms with Crippen LogP contribution in [-0.2, 0) is 30.1 Å². The molecule has 7 rings (SSSR count). The van der Waals surface area contributed by atoms with Gasteiger partial charge in [-0.25, -0.2) is 0 Å². The van der Waals surface area contributed by atoms with E-state index in [4.69, 9.17) is 0 Å². The second-order valence-corrected chi connectivity index (χ2v) is 13.2. The number of aliphatic imine (C=N–C) groups is 2.